The molecule has 7 heteroatoms. The van der Waals surface area contributed by atoms with Crippen LogP contribution in [0.5, 0.6) is 11.5 Å². The number of ether oxygens (including phenoxy) is 3. The Labute approximate surface area is 177 Å². The van der Waals surface area contributed by atoms with Crippen LogP contribution in [-0.4, -0.2) is 57.2 Å². The van der Waals surface area contributed by atoms with Crippen LogP contribution < -0.4 is 14.8 Å². The highest BCUT2D eigenvalue weighted by Gasteiger charge is 2.75. The molecule has 1 N–H and O–H groups in total. The van der Waals surface area contributed by atoms with Gasteiger partial charge in [-0.1, -0.05) is 13.3 Å². The highest BCUT2D eigenvalue weighted by molar-refractivity contribution is 6.10. The molecule has 3 saturated heterocycles. The summed E-state index contributed by atoms with van der Waals surface area (Å²) in [7, 11) is 4.63. The van der Waals surface area contributed by atoms with Gasteiger partial charge in [0.05, 0.1) is 26.7 Å². The van der Waals surface area contributed by atoms with Gasteiger partial charge in [-0.25, -0.2) is 0 Å². The van der Waals surface area contributed by atoms with Gasteiger partial charge in [-0.3, -0.25) is 14.5 Å². The van der Waals surface area contributed by atoms with Crippen molar-refractivity contribution in [1.29, 1.82) is 0 Å². The van der Waals surface area contributed by atoms with E-state index in [1.165, 1.54) is 7.11 Å². The van der Waals surface area contributed by atoms with Gasteiger partial charge in [0.2, 0.25) is 5.91 Å². The predicted molar refractivity (Wildman–Crippen MR) is 111 cm³/mol. The van der Waals surface area contributed by atoms with Crippen LogP contribution in [0, 0.1) is 17.3 Å². The molecule has 1 amide bonds. The van der Waals surface area contributed by atoms with Crippen molar-refractivity contribution in [1.82, 2.24) is 4.90 Å². The van der Waals surface area contributed by atoms with Crippen molar-refractivity contribution in [2.45, 2.75) is 44.1 Å². The maximum atomic E-state index is 13.8. The number of hydrogen-bond acceptors (Lipinski definition) is 6. The second-order valence-electron chi connectivity index (χ2n) is 9.24. The second kappa shape index (κ2) is 6.61. The van der Waals surface area contributed by atoms with Crippen LogP contribution in [0.2, 0.25) is 0 Å². The molecule has 4 aliphatic heterocycles. The van der Waals surface area contributed by atoms with Gasteiger partial charge in [0.25, 0.3) is 0 Å². The van der Waals surface area contributed by atoms with E-state index in [0.717, 1.165) is 31.5 Å². The summed E-state index contributed by atoms with van der Waals surface area (Å²) in [6, 6.07) is 3.73. The van der Waals surface area contributed by atoms with E-state index in [1.54, 1.807) is 14.2 Å². The lowest BCUT2D eigenvalue weighted by Crippen LogP contribution is -2.76. The van der Waals surface area contributed by atoms with E-state index >= 15 is 0 Å². The first kappa shape index (κ1) is 19.7. The smallest absolute Gasteiger partial charge is 0.314 e. The molecule has 0 aromatic heterocycles. The summed E-state index contributed by atoms with van der Waals surface area (Å²) in [4.78, 5) is 29.9. The van der Waals surface area contributed by atoms with Crippen LogP contribution in [0.15, 0.2) is 12.1 Å². The Morgan fingerprint density at radius 3 is 2.63 bits per heavy atom. The fourth-order valence-corrected chi connectivity index (χ4v) is 7.33. The predicted octanol–water partition coefficient (Wildman–Crippen LogP) is 2.58. The van der Waals surface area contributed by atoms with Crippen molar-refractivity contribution in [3.05, 3.63) is 17.7 Å². The molecule has 7 nitrogen and oxygen atoms in total. The number of fused-ring (bicyclic) bond motifs is 3. The molecule has 0 radical (unpaired) electrons. The number of carbonyl (C=O) groups excluding carboxylic acids is 2. The number of hydrogen-bond donors (Lipinski definition) is 1. The molecule has 6 rings (SSSR count). The zero-order chi connectivity index (χ0) is 21.3. The third-order valence-electron chi connectivity index (χ3n) is 8.31. The minimum atomic E-state index is -0.956. The Balaban J connectivity index is 1.78. The Hall–Kier alpha value is -2.28. The maximum Gasteiger partial charge on any atom is 0.314 e. The molecule has 4 bridgehead atoms. The average Bonchev–Trinajstić information content (AvgIpc) is 3.05. The number of esters is 1. The number of piperidine rings is 3. The quantitative estimate of drug-likeness (QED) is 0.763. The Kier molecular flexibility index (Phi) is 4.33. The van der Waals surface area contributed by atoms with Crippen LogP contribution in [0.4, 0.5) is 5.69 Å². The standard InChI is InChI=1S/C23H30N2O5/c1-5-14-8-13-11-23(21(27)30-4)19(14)25(12-13)7-6-22(23)15-9-17(28-2)18(29-3)10-16(15)24-20(22)26/h9-10,13-14,19H,5-8,11-12H2,1-4H3,(H,24,26)/t13-,14+,19-,22+,23+/m1/s1. The van der Waals surface area contributed by atoms with Crippen LogP contribution in [0.25, 0.3) is 0 Å². The van der Waals surface area contributed by atoms with Crippen LogP contribution >= 0.6 is 0 Å². The molecule has 1 unspecified atom stereocenters. The van der Waals surface area contributed by atoms with Crippen LogP contribution in [0.3, 0.4) is 0 Å². The average molecular weight is 415 g/mol. The Morgan fingerprint density at radius 1 is 1.23 bits per heavy atom. The van der Waals surface area contributed by atoms with Gasteiger partial charge in [-0.15, -0.1) is 0 Å². The van der Waals surface area contributed by atoms with Gasteiger partial charge < -0.3 is 19.5 Å². The summed E-state index contributed by atoms with van der Waals surface area (Å²) >= 11 is 0. The van der Waals surface area contributed by atoms with Crippen molar-refractivity contribution < 1.29 is 23.8 Å². The summed E-state index contributed by atoms with van der Waals surface area (Å²) in [5.41, 5.74) is -0.291. The Bertz CT molecular complexity index is 909. The Morgan fingerprint density at radius 2 is 1.97 bits per heavy atom. The number of nitrogens with one attached hydrogen (secondary N) is 1. The third-order valence-corrected chi connectivity index (χ3v) is 8.31. The highest BCUT2D eigenvalue weighted by Crippen LogP contribution is 2.66. The first-order valence-corrected chi connectivity index (χ1v) is 10.9. The van der Waals surface area contributed by atoms with E-state index < -0.39 is 10.8 Å². The van der Waals surface area contributed by atoms with E-state index in [9.17, 15) is 9.59 Å². The third kappa shape index (κ3) is 2.14. The normalized spacial score (nSPS) is 38.2. The lowest BCUT2D eigenvalue weighted by atomic mass is 9.44. The summed E-state index contributed by atoms with van der Waals surface area (Å²) in [5.74, 6) is 1.56. The van der Waals surface area contributed by atoms with Crippen molar-refractivity contribution in [3.8, 4) is 11.5 Å². The lowest BCUT2D eigenvalue weighted by Gasteiger charge is -2.66. The van der Waals surface area contributed by atoms with E-state index in [-0.39, 0.29) is 17.9 Å². The molecule has 1 spiro atoms. The number of anilines is 1. The topological polar surface area (TPSA) is 77.1 Å². The van der Waals surface area contributed by atoms with Gasteiger partial charge in [0.1, 0.15) is 5.41 Å². The minimum absolute atomic E-state index is 0.0125. The van der Waals surface area contributed by atoms with Crippen molar-refractivity contribution in [2.75, 3.05) is 39.7 Å². The fourth-order valence-electron chi connectivity index (χ4n) is 7.33. The summed E-state index contributed by atoms with van der Waals surface area (Å²) in [6.07, 6.45) is 3.40. The van der Waals surface area contributed by atoms with E-state index in [1.807, 2.05) is 12.1 Å². The zero-order valence-corrected chi connectivity index (χ0v) is 18.1. The van der Waals surface area contributed by atoms with E-state index in [2.05, 4.69) is 17.1 Å². The fraction of sp³-hybridized carbons (Fsp3) is 0.652. The molecule has 4 heterocycles. The molecule has 1 aliphatic carbocycles. The molecular weight excluding hydrogens is 384 g/mol. The van der Waals surface area contributed by atoms with Crippen molar-refractivity contribution in [3.63, 3.8) is 0 Å². The van der Waals surface area contributed by atoms with Crippen molar-refractivity contribution >= 4 is 17.6 Å². The number of rotatable bonds is 4. The van der Waals surface area contributed by atoms with Crippen LogP contribution in [-0.2, 0) is 19.7 Å². The highest BCUT2D eigenvalue weighted by atomic mass is 16.5. The minimum Gasteiger partial charge on any atom is -0.493 e. The van der Waals surface area contributed by atoms with Gasteiger partial charge in [-0.05, 0) is 49.3 Å². The monoisotopic (exact) mass is 414 g/mol. The van der Waals surface area contributed by atoms with Gasteiger partial charge in [-0.2, -0.15) is 0 Å². The lowest BCUT2D eigenvalue weighted by molar-refractivity contribution is -0.204. The molecular formula is C23H30N2O5. The summed E-state index contributed by atoms with van der Waals surface area (Å²) in [5, 5.41) is 3.08. The van der Waals surface area contributed by atoms with Crippen molar-refractivity contribution in [2.24, 2.45) is 17.3 Å². The first-order chi connectivity index (χ1) is 14.5. The molecule has 4 fully saturated rings. The number of benzene rings is 1. The summed E-state index contributed by atoms with van der Waals surface area (Å²) in [6.45, 7) is 4.00. The molecule has 1 saturated carbocycles. The van der Waals surface area contributed by atoms with Gasteiger partial charge in [0, 0.05) is 24.3 Å². The number of carbonyl (C=O) groups is 2. The molecule has 1 aromatic rings. The van der Waals surface area contributed by atoms with Gasteiger partial charge >= 0.3 is 5.97 Å². The molecule has 5 aliphatic rings. The molecule has 162 valence electrons. The number of nitrogens with zero attached hydrogens (tertiary/aromatic N) is 1. The maximum absolute atomic E-state index is 13.8. The zero-order valence-electron chi connectivity index (χ0n) is 18.1. The van der Waals surface area contributed by atoms with Crippen LogP contribution in [0.1, 0.15) is 38.2 Å². The molecule has 6 atom stereocenters. The first-order valence-electron chi connectivity index (χ1n) is 10.9. The van der Waals surface area contributed by atoms with E-state index in [0.29, 0.717) is 41.9 Å². The summed E-state index contributed by atoms with van der Waals surface area (Å²) < 4.78 is 16.5. The van der Waals surface area contributed by atoms with E-state index in [4.69, 9.17) is 14.2 Å². The molecule has 1 aromatic carbocycles. The second-order valence-corrected chi connectivity index (χ2v) is 9.24. The SMILES string of the molecule is CC[C@H]1C[C@H]2CN3CC[C@]4(C(=O)Nc5cc(OC)c(OC)cc54)[C@@](C(=O)OC)(C2)[C@@H]13. The number of amides is 1. The molecule has 30 heavy (non-hydrogen) atoms. The van der Waals surface area contributed by atoms with Gasteiger partial charge in [0.15, 0.2) is 11.5 Å². The largest absolute Gasteiger partial charge is 0.493 e. The number of methoxy groups -OCH3 is 3.